The molecule has 152 valence electrons. The average molecular weight is 373 g/mol. The maximum atomic E-state index is 6.33. The maximum absolute atomic E-state index is 6.33. The monoisotopic (exact) mass is 372 g/mol. The molecule has 6 nitrogen and oxygen atoms in total. The largest absolute Gasteiger partial charge is 0.377 e. The number of hydrogen-bond donors (Lipinski definition) is 0. The van der Waals surface area contributed by atoms with Crippen LogP contribution in [0.4, 0.5) is 0 Å². The summed E-state index contributed by atoms with van der Waals surface area (Å²) < 4.78 is 34.9. The lowest BCUT2D eigenvalue weighted by molar-refractivity contribution is -0.136. The van der Waals surface area contributed by atoms with Crippen molar-refractivity contribution >= 4 is 0 Å². The number of hydrogen-bond acceptors (Lipinski definition) is 6. The van der Waals surface area contributed by atoms with Crippen molar-refractivity contribution in [2.24, 2.45) is 16.7 Å². The molecular formula is C20H36O6. The van der Waals surface area contributed by atoms with Gasteiger partial charge in [0.2, 0.25) is 0 Å². The summed E-state index contributed by atoms with van der Waals surface area (Å²) in [4.78, 5) is 0. The van der Waals surface area contributed by atoms with Crippen LogP contribution < -0.4 is 0 Å². The Morgan fingerprint density at radius 3 is 1.62 bits per heavy atom. The SMILES string of the molecule is CC1(C)[C@@H]2CC[C@@]1(C)[C@@H]1OCCOCCOCCOCCOCCO[C@H]21. The van der Waals surface area contributed by atoms with E-state index in [9.17, 15) is 0 Å². The van der Waals surface area contributed by atoms with E-state index in [0.29, 0.717) is 72.0 Å². The summed E-state index contributed by atoms with van der Waals surface area (Å²) in [6, 6.07) is 0. The molecule has 3 fully saturated rings. The minimum atomic E-state index is 0.123. The Kier molecular flexibility index (Phi) is 7.33. The van der Waals surface area contributed by atoms with Gasteiger partial charge in [-0.25, -0.2) is 0 Å². The minimum Gasteiger partial charge on any atom is -0.377 e. The first kappa shape index (κ1) is 20.5. The van der Waals surface area contributed by atoms with Crippen molar-refractivity contribution in [3.63, 3.8) is 0 Å². The van der Waals surface area contributed by atoms with E-state index in [0.717, 1.165) is 0 Å². The second-order valence-electron chi connectivity index (χ2n) is 8.36. The van der Waals surface area contributed by atoms with E-state index in [4.69, 9.17) is 28.4 Å². The Labute approximate surface area is 157 Å². The zero-order valence-corrected chi connectivity index (χ0v) is 16.7. The van der Waals surface area contributed by atoms with Gasteiger partial charge in [-0.3, -0.25) is 0 Å². The molecule has 3 aliphatic rings. The Morgan fingerprint density at radius 2 is 1.08 bits per heavy atom. The molecule has 0 amide bonds. The van der Waals surface area contributed by atoms with Crippen LogP contribution in [0.5, 0.6) is 0 Å². The van der Waals surface area contributed by atoms with Crippen LogP contribution in [-0.4, -0.2) is 78.3 Å². The van der Waals surface area contributed by atoms with Gasteiger partial charge in [-0.2, -0.15) is 0 Å². The third-order valence-electron chi connectivity index (χ3n) is 6.88. The van der Waals surface area contributed by atoms with Crippen molar-refractivity contribution in [3.05, 3.63) is 0 Å². The standard InChI is InChI=1S/C20H36O6/c1-19(2)16-4-5-20(19,3)18-17(16)25-14-12-23-10-8-21-6-7-22-9-11-24-13-15-26-18/h16-18H,4-15H2,1-3H3/t16-,17-,18-,20+/m1/s1. The van der Waals surface area contributed by atoms with E-state index in [2.05, 4.69) is 20.8 Å². The quantitative estimate of drug-likeness (QED) is 0.650. The fourth-order valence-corrected chi connectivity index (χ4v) is 4.94. The van der Waals surface area contributed by atoms with Gasteiger partial charge in [-0.15, -0.1) is 0 Å². The van der Waals surface area contributed by atoms with E-state index >= 15 is 0 Å². The van der Waals surface area contributed by atoms with Gasteiger partial charge in [0.05, 0.1) is 78.3 Å². The number of ether oxygens (including phenoxy) is 6. The molecule has 0 aromatic carbocycles. The Hall–Kier alpha value is -0.240. The van der Waals surface area contributed by atoms with Crippen LogP contribution in [0, 0.1) is 16.7 Å². The van der Waals surface area contributed by atoms with Crippen molar-refractivity contribution in [1.82, 2.24) is 0 Å². The van der Waals surface area contributed by atoms with Gasteiger partial charge in [0.1, 0.15) is 0 Å². The predicted octanol–water partition coefficient (Wildman–Crippen LogP) is 2.29. The summed E-state index contributed by atoms with van der Waals surface area (Å²) in [5.74, 6) is 0.542. The molecule has 26 heavy (non-hydrogen) atoms. The minimum absolute atomic E-state index is 0.123. The van der Waals surface area contributed by atoms with E-state index in [1.165, 1.54) is 12.8 Å². The van der Waals surface area contributed by atoms with Crippen LogP contribution in [0.2, 0.25) is 0 Å². The lowest BCUT2D eigenvalue weighted by atomic mass is 9.70. The van der Waals surface area contributed by atoms with Crippen molar-refractivity contribution in [1.29, 1.82) is 0 Å². The lowest BCUT2D eigenvalue weighted by Crippen LogP contribution is -2.44. The smallest absolute Gasteiger partial charge is 0.0899 e. The third-order valence-corrected chi connectivity index (χ3v) is 6.88. The van der Waals surface area contributed by atoms with E-state index in [-0.39, 0.29) is 23.0 Å². The molecule has 0 spiro atoms. The van der Waals surface area contributed by atoms with Gasteiger partial charge in [-0.1, -0.05) is 20.8 Å². The summed E-state index contributed by atoms with van der Waals surface area (Å²) in [5, 5.41) is 0. The highest BCUT2D eigenvalue weighted by molar-refractivity contribution is 5.16. The summed E-state index contributed by atoms with van der Waals surface area (Å²) in [7, 11) is 0. The molecule has 6 heteroatoms. The van der Waals surface area contributed by atoms with Crippen molar-refractivity contribution in [2.75, 3.05) is 66.1 Å². The van der Waals surface area contributed by atoms with Crippen molar-refractivity contribution in [2.45, 2.75) is 45.8 Å². The van der Waals surface area contributed by atoms with E-state index in [1.54, 1.807) is 0 Å². The molecule has 2 bridgehead atoms. The molecular weight excluding hydrogens is 336 g/mol. The fourth-order valence-electron chi connectivity index (χ4n) is 4.94. The summed E-state index contributed by atoms with van der Waals surface area (Å²) in [5.41, 5.74) is 0.380. The average Bonchev–Trinajstić information content (AvgIpc) is 2.93. The zero-order chi connectivity index (χ0) is 18.5. The van der Waals surface area contributed by atoms with Crippen LogP contribution in [0.3, 0.4) is 0 Å². The van der Waals surface area contributed by atoms with Gasteiger partial charge >= 0.3 is 0 Å². The molecule has 0 radical (unpaired) electrons. The summed E-state index contributed by atoms with van der Waals surface area (Å²) in [6.07, 6.45) is 2.69. The van der Waals surface area contributed by atoms with Crippen LogP contribution in [-0.2, 0) is 28.4 Å². The first-order valence-corrected chi connectivity index (χ1v) is 10.1. The Balaban J connectivity index is 1.57. The molecule has 2 saturated carbocycles. The molecule has 1 saturated heterocycles. The van der Waals surface area contributed by atoms with Crippen LogP contribution in [0.15, 0.2) is 0 Å². The predicted molar refractivity (Wildman–Crippen MR) is 97.4 cm³/mol. The van der Waals surface area contributed by atoms with Crippen LogP contribution in [0.25, 0.3) is 0 Å². The fraction of sp³-hybridized carbons (Fsp3) is 1.00. The van der Waals surface area contributed by atoms with Gasteiger partial charge in [-0.05, 0) is 24.2 Å². The molecule has 0 aromatic rings. The van der Waals surface area contributed by atoms with Gasteiger partial charge < -0.3 is 28.4 Å². The van der Waals surface area contributed by atoms with Crippen LogP contribution >= 0.6 is 0 Å². The van der Waals surface area contributed by atoms with Gasteiger partial charge in [0.25, 0.3) is 0 Å². The highest BCUT2D eigenvalue weighted by Crippen LogP contribution is 2.66. The molecule has 1 heterocycles. The number of fused-ring (bicyclic) bond motifs is 5. The second-order valence-corrected chi connectivity index (χ2v) is 8.36. The highest BCUT2D eigenvalue weighted by atomic mass is 16.6. The first-order valence-electron chi connectivity index (χ1n) is 10.1. The van der Waals surface area contributed by atoms with Gasteiger partial charge in [0.15, 0.2) is 0 Å². The molecule has 0 aromatic heterocycles. The molecule has 2 aliphatic carbocycles. The Bertz CT molecular complexity index is 429. The van der Waals surface area contributed by atoms with E-state index in [1.807, 2.05) is 0 Å². The van der Waals surface area contributed by atoms with Gasteiger partial charge in [0, 0.05) is 5.41 Å². The van der Waals surface area contributed by atoms with Crippen LogP contribution in [0.1, 0.15) is 33.6 Å². The van der Waals surface area contributed by atoms with Crippen molar-refractivity contribution in [3.8, 4) is 0 Å². The maximum Gasteiger partial charge on any atom is 0.0899 e. The Morgan fingerprint density at radius 1 is 0.615 bits per heavy atom. The first-order chi connectivity index (χ1) is 12.6. The van der Waals surface area contributed by atoms with Crippen molar-refractivity contribution < 1.29 is 28.4 Å². The molecule has 1 aliphatic heterocycles. The lowest BCUT2D eigenvalue weighted by Gasteiger charge is -2.39. The summed E-state index contributed by atoms with van der Waals surface area (Å²) >= 11 is 0. The number of rotatable bonds is 0. The zero-order valence-electron chi connectivity index (χ0n) is 16.7. The van der Waals surface area contributed by atoms with E-state index < -0.39 is 0 Å². The third kappa shape index (κ3) is 4.26. The second kappa shape index (κ2) is 9.30. The molecule has 3 rings (SSSR count). The molecule has 0 N–H and O–H groups in total. The summed E-state index contributed by atoms with van der Waals surface area (Å²) in [6.45, 7) is 13.0. The molecule has 0 unspecified atom stereocenters. The topological polar surface area (TPSA) is 55.4 Å². The normalized spacial score (nSPS) is 40.5. The highest BCUT2D eigenvalue weighted by Gasteiger charge is 2.67. The molecule has 4 atom stereocenters.